The van der Waals surface area contributed by atoms with E-state index >= 15 is 0 Å². The lowest BCUT2D eigenvalue weighted by Crippen LogP contribution is -2.24. The van der Waals surface area contributed by atoms with Crippen molar-refractivity contribution in [1.82, 2.24) is 9.97 Å². The molecule has 0 amide bonds. The van der Waals surface area contributed by atoms with Gasteiger partial charge in [0.1, 0.15) is 18.0 Å². The molecular weight excluding hydrogens is 272 g/mol. The molecule has 1 unspecified atom stereocenters. The summed E-state index contributed by atoms with van der Waals surface area (Å²) < 4.78 is 0. The Morgan fingerprint density at radius 3 is 2.50 bits per heavy atom. The summed E-state index contributed by atoms with van der Waals surface area (Å²) >= 11 is 5.93. The number of nitrogen functional groups attached to an aromatic ring is 1. The van der Waals surface area contributed by atoms with Gasteiger partial charge < -0.3 is 10.6 Å². The van der Waals surface area contributed by atoms with E-state index in [-0.39, 0.29) is 6.04 Å². The molecule has 106 valence electrons. The molecule has 0 saturated heterocycles. The zero-order valence-corrected chi connectivity index (χ0v) is 12.7. The number of rotatable bonds is 4. The molecule has 1 heterocycles. The Bertz CT molecular complexity index is 583. The predicted octanol–water partition coefficient (Wildman–Crippen LogP) is 3.47. The van der Waals surface area contributed by atoms with Gasteiger partial charge in [0.2, 0.25) is 0 Å². The van der Waals surface area contributed by atoms with Crippen LogP contribution in [0.3, 0.4) is 0 Å². The molecule has 2 rings (SSSR count). The van der Waals surface area contributed by atoms with Gasteiger partial charge in [0.05, 0.1) is 6.04 Å². The molecule has 2 N–H and O–H groups in total. The minimum absolute atomic E-state index is 0.173. The molecule has 20 heavy (non-hydrogen) atoms. The first-order chi connectivity index (χ1) is 9.54. The standard InChI is InChI=1S/C15H19ClN4/c1-4-13-14(17)18-9-19-15(13)20(3)10(2)11-5-7-12(16)8-6-11/h5-10H,4H2,1-3H3,(H2,17,18,19). The van der Waals surface area contributed by atoms with Crippen LogP contribution in [0.4, 0.5) is 11.6 Å². The van der Waals surface area contributed by atoms with Crippen LogP contribution in [-0.2, 0) is 6.42 Å². The van der Waals surface area contributed by atoms with Gasteiger partial charge in [0, 0.05) is 17.6 Å². The lowest BCUT2D eigenvalue weighted by atomic mass is 10.1. The summed E-state index contributed by atoms with van der Waals surface area (Å²) in [6, 6.07) is 8.03. The predicted molar refractivity (Wildman–Crippen MR) is 84.1 cm³/mol. The normalized spacial score (nSPS) is 12.2. The SMILES string of the molecule is CCc1c(N)ncnc1N(C)C(C)c1ccc(Cl)cc1. The van der Waals surface area contributed by atoms with Crippen molar-refractivity contribution in [2.45, 2.75) is 26.3 Å². The molecule has 1 aromatic heterocycles. The molecule has 2 aromatic rings. The van der Waals surface area contributed by atoms with Crippen molar-refractivity contribution in [2.24, 2.45) is 0 Å². The lowest BCUT2D eigenvalue weighted by molar-refractivity contribution is 0.721. The van der Waals surface area contributed by atoms with E-state index in [0.717, 1.165) is 22.8 Å². The summed E-state index contributed by atoms with van der Waals surface area (Å²) in [5.74, 6) is 1.43. The summed E-state index contributed by atoms with van der Waals surface area (Å²) in [5, 5.41) is 0.740. The van der Waals surface area contributed by atoms with E-state index in [0.29, 0.717) is 5.82 Å². The van der Waals surface area contributed by atoms with Crippen LogP contribution in [-0.4, -0.2) is 17.0 Å². The van der Waals surface area contributed by atoms with Crippen LogP contribution in [0.2, 0.25) is 5.02 Å². The van der Waals surface area contributed by atoms with Crippen molar-refractivity contribution in [2.75, 3.05) is 17.7 Å². The number of hydrogen-bond acceptors (Lipinski definition) is 4. The van der Waals surface area contributed by atoms with E-state index in [4.69, 9.17) is 17.3 Å². The van der Waals surface area contributed by atoms with Gasteiger partial charge in [-0.15, -0.1) is 0 Å². The molecule has 4 nitrogen and oxygen atoms in total. The third kappa shape index (κ3) is 2.85. The molecular formula is C15H19ClN4. The van der Waals surface area contributed by atoms with E-state index in [1.165, 1.54) is 11.9 Å². The second-order valence-corrected chi connectivity index (χ2v) is 5.19. The quantitative estimate of drug-likeness (QED) is 0.937. The Kier molecular flexibility index (Phi) is 4.45. The van der Waals surface area contributed by atoms with Crippen LogP contribution in [0.15, 0.2) is 30.6 Å². The monoisotopic (exact) mass is 290 g/mol. The van der Waals surface area contributed by atoms with Crippen molar-refractivity contribution in [3.8, 4) is 0 Å². The smallest absolute Gasteiger partial charge is 0.137 e. The van der Waals surface area contributed by atoms with E-state index in [9.17, 15) is 0 Å². The minimum atomic E-state index is 0.173. The third-order valence-corrected chi connectivity index (χ3v) is 3.83. The van der Waals surface area contributed by atoms with Crippen LogP contribution in [0.5, 0.6) is 0 Å². The van der Waals surface area contributed by atoms with E-state index < -0.39 is 0 Å². The number of nitrogens with zero attached hydrogens (tertiary/aromatic N) is 3. The number of aromatic nitrogens is 2. The number of anilines is 2. The molecule has 0 spiro atoms. The maximum Gasteiger partial charge on any atom is 0.137 e. The lowest BCUT2D eigenvalue weighted by Gasteiger charge is -2.28. The molecule has 0 aliphatic carbocycles. The summed E-state index contributed by atoms with van der Waals surface area (Å²) in [4.78, 5) is 10.6. The largest absolute Gasteiger partial charge is 0.383 e. The third-order valence-electron chi connectivity index (χ3n) is 3.58. The Balaban J connectivity index is 2.33. The molecule has 0 bridgehead atoms. The average Bonchev–Trinajstić information content (AvgIpc) is 2.46. The van der Waals surface area contributed by atoms with E-state index in [1.807, 2.05) is 31.3 Å². The molecule has 0 aliphatic heterocycles. The second kappa shape index (κ2) is 6.09. The van der Waals surface area contributed by atoms with Crippen LogP contribution in [0.1, 0.15) is 31.0 Å². The van der Waals surface area contributed by atoms with Crippen molar-refractivity contribution in [3.05, 3.63) is 46.7 Å². The van der Waals surface area contributed by atoms with Gasteiger partial charge in [0.15, 0.2) is 0 Å². The number of halogens is 1. The first-order valence-corrected chi connectivity index (χ1v) is 7.00. The van der Waals surface area contributed by atoms with Crippen LogP contribution in [0, 0.1) is 0 Å². The molecule has 1 atom stereocenters. The molecule has 0 fully saturated rings. The Morgan fingerprint density at radius 1 is 1.25 bits per heavy atom. The average molecular weight is 291 g/mol. The molecule has 0 radical (unpaired) electrons. The van der Waals surface area contributed by atoms with Crippen molar-refractivity contribution in [3.63, 3.8) is 0 Å². The fourth-order valence-corrected chi connectivity index (χ4v) is 2.33. The number of nitrogens with two attached hydrogens (primary N) is 1. The van der Waals surface area contributed by atoms with Crippen LogP contribution < -0.4 is 10.6 Å². The van der Waals surface area contributed by atoms with Crippen LogP contribution >= 0.6 is 11.6 Å². The highest BCUT2D eigenvalue weighted by atomic mass is 35.5. The summed E-state index contributed by atoms with van der Waals surface area (Å²) in [6.45, 7) is 4.18. The molecule has 0 aliphatic rings. The topological polar surface area (TPSA) is 55.0 Å². The van der Waals surface area contributed by atoms with Gasteiger partial charge in [-0.05, 0) is 31.0 Å². The summed E-state index contributed by atoms with van der Waals surface area (Å²) in [6.07, 6.45) is 2.31. The van der Waals surface area contributed by atoms with Gasteiger partial charge >= 0.3 is 0 Å². The van der Waals surface area contributed by atoms with E-state index in [1.54, 1.807) is 0 Å². The van der Waals surface area contributed by atoms with Gasteiger partial charge in [-0.25, -0.2) is 9.97 Å². The molecule has 1 aromatic carbocycles. The van der Waals surface area contributed by atoms with Crippen molar-refractivity contribution >= 4 is 23.2 Å². The fraction of sp³-hybridized carbons (Fsp3) is 0.333. The van der Waals surface area contributed by atoms with Crippen molar-refractivity contribution < 1.29 is 0 Å². The second-order valence-electron chi connectivity index (χ2n) is 4.75. The maximum atomic E-state index is 5.93. The highest BCUT2D eigenvalue weighted by Gasteiger charge is 2.17. The molecule has 5 heteroatoms. The number of benzene rings is 1. The summed E-state index contributed by atoms with van der Waals surface area (Å²) in [7, 11) is 2.01. The van der Waals surface area contributed by atoms with Crippen LogP contribution in [0.25, 0.3) is 0 Å². The summed E-state index contributed by atoms with van der Waals surface area (Å²) in [5.41, 5.74) is 8.09. The Hall–Kier alpha value is -1.81. The zero-order valence-electron chi connectivity index (χ0n) is 12.0. The maximum absolute atomic E-state index is 5.93. The first-order valence-electron chi connectivity index (χ1n) is 6.62. The minimum Gasteiger partial charge on any atom is -0.383 e. The zero-order chi connectivity index (χ0) is 14.7. The van der Waals surface area contributed by atoms with Gasteiger partial charge in [0.25, 0.3) is 0 Å². The number of hydrogen-bond donors (Lipinski definition) is 1. The van der Waals surface area contributed by atoms with Gasteiger partial charge in [-0.1, -0.05) is 30.7 Å². The Morgan fingerprint density at radius 2 is 1.90 bits per heavy atom. The highest BCUT2D eigenvalue weighted by Crippen LogP contribution is 2.29. The van der Waals surface area contributed by atoms with Gasteiger partial charge in [-0.2, -0.15) is 0 Å². The van der Waals surface area contributed by atoms with Crippen molar-refractivity contribution in [1.29, 1.82) is 0 Å². The van der Waals surface area contributed by atoms with Gasteiger partial charge in [-0.3, -0.25) is 0 Å². The highest BCUT2D eigenvalue weighted by molar-refractivity contribution is 6.30. The Labute approximate surface area is 124 Å². The first kappa shape index (κ1) is 14.6. The molecule has 0 saturated carbocycles. The van der Waals surface area contributed by atoms with E-state index in [2.05, 4.69) is 28.7 Å². The fourth-order valence-electron chi connectivity index (χ4n) is 2.21.